The number of fused-ring (bicyclic) bond motifs is 1. The quantitative estimate of drug-likeness (QED) is 0.818. The molecule has 0 bridgehead atoms. The fraction of sp³-hybridized carbons (Fsp3) is 0.308. The number of amides is 1. The van der Waals surface area contributed by atoms with Crippen LogP contribution in [-0.4, -0.2) is 23.7 Å². The van der Waals surface area contributed by atoms with Crippen LogP contribution in [0.2, 0.25) is 0 Å². The molecule has 0 radical (unpaired) electrons. The van der Waals surface area contributed by atoms with Crippen LogP contribution >= 0.6 is 0 Å². The minimum Gasteiger partial charge on any atom is -0.504 e. The molecule has 0 saturated heterocycles. The zero-order valence-corrected chi connectivity index (χ0v) is 10.3. The standard InChI is InChI=1S/C13H12F3NO3/c1-2-11(19)17-9-4-7-3-8(13(14,15)16)5-10(18)12(7)20-6-9/h2-3,5,9,18H,1,4,6H2,(H,17,19). The Hall–Kier alpha value is -2.18. The van der Waals surface area contributed by atoms with Gasteiger partial charge in [0.1, 0.15) is 6.61 Å². The number of alkyl halides is 3. The molecule has 1 atom stereocenters. The lowest BCUT2D eigenvalue weighted by atomic mass is 9.99. The fourth-order valence-corrected chi connectivity index (χ4v) is 2.02. The number of phenols is 1. The highest BCUT2D eigenvalue weighted by molar-refractivity contribution is 5.87. The highest BCUT2D eigenvalue weighted by Crippen LogP contribution is 2.40. The van der Waals surface area contributed by atoms with E-state index < -0.39 is 29.4 Å². The van der Waals surface area contributed by atoms with Gasteiger partial charge >= 0.3 is 6.18 Å². The van der Waals surface area contributed by atoms with Gasteiger partial charge in [0.25, 0.3) is 0 Å². The van der Waals surface area contributed by atoms with Crippen LogP contribution in [0.4, 0.5) is 13.2 Å². The summed E-state index contributed by atoms with van der Waals surface area (Å²) >= 11 is 0. The molecule has 0 saturated carbocycles. The first-order chi connectivity index (χ1) is 9.31. The van der Waals surface area contributed by atoms with Crippen molar-refractivity contribution in [2.75, 3.05) is 6.61 Å². The van der Waals surface area contributed by atoms with Crippen molar-refractivity contribution in [3.63, 3.8) is 0 Å². The largest absolute Gasteiger partial charge is 0.504 e. The van der Waals surface area contributed by atoms with Crippen LogP contribution < -0.4 is 10.1 Å². The van der Waals surface area contributed by atoms with Crippen LogP contribution in [0.1, 0.15) is 11.1 Å². The first-order valence-corrected chi connectivity index (χ1v) is 5.80. The second kappa shape index (κ2) is 5.07. The Morgan fingerprint density at radius 1 is 1.50 bits per heavy atom. The van der Waals surface area contributed by atoms with Crippen molar-refractivity contribution in [3.05, 3.63) is 35.9 Å². The van der Waals surface area contributed by atoms with E-state index in [1.54, 1.807) is 0 Å². The number of benzene rings is 1. The Kier molecular flexibility index (Phi) is 3.61. The SMILES string of the molecule is C=CC(=O)NC1COc2c(O)cc(C(F)(F)F)cc2C1. The topological polar surface area (TPSA) is 58.6 Å². The molecule has 20 heavy (non-hydrogen) atoms. The van der Waals surface area contributed by atoms with Crippen LogP contribution in [0, 0.1) is 0 Å². The van der Waals surface area contributed by atoms with Crippen molar-refractivity contribution < 1.29 is 27.8 Å². The first-order valence-electron chi connectivity index (χ1n) is 5.80. The molecule has 1 heterocycles. The van der Waals surface area contributed by atoms with Gasteiger partial charge in [-0.05, 0) is 24.6 Å². The second-order valence-corrected chi connectivity index (χ2v) is 4.41. The monoisotopic (exact) mass is 287 g/mol. The Morgan fingerprint density at radius 2 is 2.20 bits per heavy atom. The highest BCUT2D eigenvalue weighted by Gasteiger charge is 2.34. The molecule has 7 heteroatoms. The Labute approximate surface area is 112 Å². The number of phenolic OH excluding ortho intramolecular Hbond substituents is 1. The number of rotatable bonds is 2. The lowest BCUT2D eigenvalue weighted by Gasteiger charge is -2.27. The maximum absolute atomic E-state index is 12.7. The minimum absolute atomic E-state index is 0.0297. The van der Waals surface area contributed by atoms with Gasteiger partial charge in [-0.1, -0.05) is 6.58 Å². The number of hydrogen-bond donors (Lipinski definition) is 2. The van der Waals surface area contributed by atoms with Crippen LogP contribution in [0.15, 0.2) is 24.8 Å². The highest BCUT2D eigenvalue weighted by atomic mass is 19.4. The zero-order chi connectivity index (χ0) is 14.9. The first kappa shape index (κ1) is 14.2. The summed E-state index contributed by atoms with van der Waals surface area (Å²) in [4.78, 5) is 11.2. The predicted molar refractivity (Wildman–Crippen MR) is 64.4 cm³/mol. The lowest BCUT2D eigenvalue weighted by Crippen LogP contribution is -2.42. The average molecular weight is 287 g/mol. The van der Waals surface area contributed by atoms with Gasteiger partial charge in [0.05, 0.1) is 11.6 Å². The predicted octanol–water partition coefficient (Wildman–Crippen LogP) is 2.02. The summed E-state index contributed by atoms with van der Waals surface area (Å²) in [6.45, 7) is 3.36. The summed E-state index contributed by atoms with van der Waals surface area (Å²) in [6.07, 6.45) is -3.34. The molecule has 1 aromatic rings. The van der Waals surface area contributed by atoms with E-state index in [0.717, 1.165) is 12.1 Å². The number of aromatic hydroxyl groups is 1. The van der Waals surface area contributed by atoms with E-state index in [2.05, 4.69) is 11.9 Å². The van der Waals surface area contributed by atoms with E-state index in [0.29, 0.717) is 6.07 Å². The van der Waals surface area contributed by atoms with Gasteiger partial charge in [0.2, 0.25) is 5.91 Å². The smallest absolute Gasteiger partial charge is 0.416 e. The minimum atomic E-state index is -4.55. The van der Waals surface area contributed by atoms with Crippen LogP contribution in [0.3, 0.4) is 0 Å². The number of ether oxygens (including phenoxy) is 1. The van der Waals surface area contributed by atoms with E-state index in [1.165, 1.54) is 0 Å². The van der Waals surface area contributed by atoms with E-state index in [4.69, 9.17) is 4.74 Å². The molecule has 1 aliphatic heterocycles. The van der Waals surface area contributed by atoms with E-state index >= 15 is 0 Å². The van der Waals surface area contributed by atoms with Gasteiger partial charge < -0.3 is 15.2 Å². The van der Waals surface area contributed by atoms with Crippen molar-refractivity contribution in [1.29, 1.82) is 0 Å². The molecule has 1 aromatic carbocycles. The van der Waals surface area contributed by atoms with E-state index in [1.807, 2.05) is 0 Å². The summed E-state index contributed by atoms with van der Waals surface area (Å²) in [5.41, 5.74) is -0.744. The van der Waals surface area contributed by atoms with Gasteiger partial charge in [-0.2, -0.15) is 13.2 Å². The average Bonchev–Trinajstić information content (AvgIpc) is 2.37. The van der Waals surface area contributed by atoms with Crippen molar-refractivity contribution in [1.82, 2.24) is 5.32 Å². The second-order valence-electron chi connectivity index (χ2n) is 4.41. The molecule has 2 rings (SSSR count). The van der Waals surface area contributed by atoms with Crippen molar-refractivity contribution in [2.24, 2.45) is 0 Å². The van der Waals surface area contributed by atoms with Crippen molar-refractivity contribution in [3.8, 4) is 11.5 Å². The van der Waals surface area contributed by atoms with E-state index in [-0.39, 0.29) is 24.3 Å². The normalized spacial score (nSPS) is 17.9. The molecule has 1 aliphatic rings. The molecular formula is C13H12F3NO3. The van der Waals surface area contributed by atoms with Crippen LogP contribution in [0.25, 0.3) is 0 Å². The van der Waals surface area contributed by atoms with Crippen LogP contribution in [-0.2, 0) is 17.4 Å². The lowest BCUT2D eigenvalue weighted by molar-refractivity contribution is -0.137. The summed E-state index contributed by atoms with van der Waals surface area (Å²) in [6, 6.07) is 1.08. The van der Waals surface area contributed by atoms with E-state index in [9.17, 15) is 23.1 Å². The van der Waals surface area contributed by atoms with Gasteiger partial charge in [0.15, 0.2) is 11.5 Å². The number of hydrogen-bond acceptors (Lipinski definition) is 3. The Morgan fingerprint density at radius 3 is 2.80 bits per heavy atom. The van der Waals surface area contributed by atoms with Gasteiger partial charge in [-0.25, -0.2) is 0 Å². The van der Waals surface area contributed by atoms with Crippen molar-refractivity contribution >= 4 is 5.91 Å². The molecular weight excluding hydrogens is 275 g/mol. The van der Waals surface area contributed by atoms with Crippen LogP contribution in [0.5, 0.6) is 11.5 Å². The molecule has 1 amide bonds. The molecule has 0 aliphatic carbocycles. The summed E-state index contributed by atoms with van der Waals surface area (Å²) in [5.74, 6) is -0.955. The number of carbonyl (C=O) groups is 1. The molecule has 108 valence electrons. The summed E-state index contributed by atoms with van der Waals surface area (Å²) in [7, 11) is 0. The Balaban J connectivity index is 2.28. The maximum atomic E-state index is 12.7. The van der Waals surface area contributed by atoms with Gasteiger partial charge in [-0.15, -0.1) is 0 Å². The molecule has 0 spiro atoms. The number of carbonyl (C=O) groups excluding carboxylic acids is 1. The molecule has 0 aromatic heterocycles. The van der Waals surface area contributed by atoms with Gasteiger partial charge in [0, 0.05) is 5.56 Å². The number of nitrogens with one attached hydrogen (secondary N) is 1. The fourth-order valence-electron chi connectivity index (χ4n) is 2.02. The summed E-state index contributed by atoms with van der Waals surface area (Å²) < 4.78 is 43.2. The zero-order valence-electron chi connectivity index (χ0n) is 10.3. The third-order valence-electron chi connectivity index (χ3n) is 2.90. The molecule has 1 unspecified atom stereocenters. The molecule has 4 nitrogen and oxygen atoms in total. The third-order valence-corrected chi connectivity index (χ3v) is 2.90. The summed E-state index contributed by atoms with van der Waals surface area (Å²) in [5, 5.41) is 12.1. The van der Waals surface area contributed by atoms with Gasteiger partial charge in [-0.3, -0.25) is 4.79 Å². The Bertz CT molecular complexity index is 555. The molecule has 2 N–H and O–H groups in total. The third kappa shape index (κ3) is 2.87. The van der Waals surface area contributed by atoms with Crippen molar-refractivity contribution in [2.45, 2.75) is 18.6 Å². The maximum Gasteiger partial charge on any atom is 0.416 e. The number of halogens is 3. The molecule has 0 fully saturated rings.